The maximum absolute atomic E-state index is 11.8. The van der Waals surface area contributed by atoms with Gasteiger partial charge in [0.1, 0.15) is 0 Å². The molecule has 0 aliphatic carbocycles. The van der Waals surface area contributed by atoms with Crippen LogP contribution in [0.25, 0.3) is 0 Å². The van der Waals surface area contributed by atoms with Crippen molar-refractivity contribution in [3.8, 4) is 0 Å². The predicted molar refractivity (Wildman–Crippen MR) is 86.6 cm³/mol. The number of aliphatic hydroxyl groups is 1. The van der Waals surface area contributed by atoms with Crippen LogP contribution in [0.2, 0.25) is 5.02 Å². The lowest BCUT2D eigenvalue weighted by molar-refractivity contribution is -0.134. The van der Waals surface area contributed by atoms with Crippen LogP contribution in [0.15, 0.2) is 24.3 Å². The summed E-state index contributed by atoms with van der Waals surface area (Å²) in [7, 11) is 0. The van der Waals surface area contributed by atoms with Crippen molar-refractivity contribution in [2.75, 3.05) is 13.1 Å². The highest BCUT2D eigenvalue weighted by molar-refractivity contribution is 6.30. The third-order valence-corrected chi connectivity index (χ3v) is 4.15. The first-order valence-electron chi connectivity index (χ1n) is 6.97. The summed E-state index contributed by atoms with van der Waals surface area (Å²) in [4.78, 5) is 13.6. The minimum atomic E-state index is -0.500. The smallest absolute Gasteiger partial charge is 0.239 e. The van der Waals surface area contributed by atoms with Crippen LogP contribution >= 0.6 is 24.0 Å². The second-order valence-corrected chi connectivity index (χ2v) is 5.88. The second-order valence-electron chi connectivity index (χ2n) is 5.45. The van der Waals surface area contributed by atoms with E-state index in [9.17, 15) is 9.90 Å². The van der Waals surface area contributed by atoms with Crippen LogP contribution in [0.1, 0.15) is 31.4 Å². The van der Waals surface area contributed by atoms with Crippen LogP contribution in [-0.2, 0) is 4.79 Å². The van der Waals surface area contributed by atoms with Gasteiger partial charge < -0.3 is 15.7 Å². The summed E-state index contributed by atoms with van der Waals surface area (Å²) in [5.74, 6) is 0.165. The highest BCUT2D eigenvalue weighted by Gasteiger charge is 2.29. The Bertz CT molecular complexity index is 457. The zero-order valence-corrected chi connectivity index (χ0v) is 13.6. The lowest BCUT2D eigenvalue weighted by atomic mass is 9.87. The van der Waals surface area contributed by atoms with Gasteiger partial charge in [-0.3, -0.25) is 4.79 Å². The third kappa shape index (κ3) is 4.58. The summed E-state index contributed by atoms with van der Waals surface area (Å²) in [5, 5.41) is 11.1. The number of rotatable bonds is 3. The Labute approximate surface area is 136 Å². The van der Waals surface area contributed by atoms with Crippen LogP contribution in [-0.4, -0.2) is 35.0 Å². The van der Waals surface area contributed by atoms with Crippen molar-refractivity contribution in [1.29, 1.82) is 0 Å². The molecule has 4 nitrogen and oxygen atoms in total. The molecule has 6 heteroatoms. The van der Waals surface area contributed by atoms with Crippen molar-refractivity contribution in [2.24, 2.45) is 11.7 Å². The molecule has 2 atom stereocenters. The number of likely N-dealkylation sites (tertiary alicyclic amines) is 1. The fraction of sp³-hybridized carbons (Fsp3) is 0.533. The Morgan fingerprint density at radius 2 is 1.86 bits per heavy atom. The zero-order valence-electron chi connectivity index (χ0n) is 12.0. The van der Waals surface area contributed by atoms with E-state index in [0.29, 0.717) is 18.1 Å². The molecule has 1 fully saturated rings. The van der Waals surface area contributed by atoms with Crippen molar-refractivity contribution in [3.05, 3.63) is 34.9 Å². The average molecular weight is 333 g/mol. The molecular weight excluding hydrogens is 311 g/mol. The highest BCUT2D eigenvalue weighted by atomic mass is 35.5. The number of nitrogens with zero attached hydrogens (tertiary/aromatic N) is 1. The number of carbonyl (C=O) groups excluding carboxylic acids is 1. The Morgan fingerprint density at radius 1 is 1.33 bits per heavy atom. The molecule has 0 radical (unpaired) electrons. The molecule has 1 aliphatic heterocycles. The SMILES string of the molecule is CC(N)C(=O)N1CCC(C(O)c2ccc(Cl)cc2)CC1.Cl. The van der Waals surface area contributed by atoms with Crippen molar-refractivity contribution < 1.29 is 9.90 Å². The van der Waals surface area contributed by atoms with Crippen molar-refractivity contribution in [2.45, 2.75) is 31.9 Å². The molecule has 0 spiro atoms. The average Bonchev–Trinajstić information content (AvgIpc) is 2.46. The number of hydrogen-bond donors (Lipinski definition) is 2. The monoisotopic (exact) mass is 332 g/mol. The maximum atomic E-state index is 11.8. The molecule has 1 amide bonds. The van der Waals surface area contributed by atoms with E-state index in [1.165, 1.54) is 0 Å². The molecule has 3 N–H and O–H groups in total. The first-order valence-corrected chi connectivity index (χ1v) is 7.34. The van der Waals surface area contributed by atoms with Crippen molar-refractivity contribution in [3.63, 3.8) is 0 Å². The van der Waals surface area contributed by atoms with Gasteiger partial charge in [-0.05, 0) is 43.4 Å². The second kappa shape index (κ2) is 7.99. The molecule has 1 aromatic rings. The molecule has 0 aromatic heterocycles. The normalized spacial score (nSPS) is 18.8. The summed E-state index contributed by atoms with van der Waals surface area (Å²) in [6, 6.07) is 6.83. The van der Waals surface area contributed by atoms with E-state index in [1.54, 1.807) is 24.0 Å². The van der Waals surface area contributed by atoms with Crippen LogP contribution in [0.4, 0.5) is 0 Å². The molecule has 1 saturated heterocycles. The summed E-state index contributed by atoms with van der Waals surface area (Å²) in [6.45, 7) is 3.03. The Hall–Kier alpha value is -0.810. The fourth-order valence-corrected chi connectivity index (χ4v) is 2.78. The molecule has 1 aliphatic rings. The maximum Gasteiger partial charge on any atom is 0.239 e. The van der Waals surface area contributed by atoms with E-state index in [-0.39, 0.29) is 24.2 Å². The van der Waals surface area contributed by atoms with E-state index in [1.807, 2.05) is 12.1 Å². The Kier molecular flexibility index (Phi) is 6.94. The minimum Gasteiger partial charge on any atom is -0.388 e. The first-order chi connectivity index (χ1) is 9.49. The quantitative estimate of drug-likeness (QED) is 0.892. The molecule has 1 heterocycles. The van der Waals surface area contributed by atoms with Gasteiger partial charge in [0.25, 0.3) is 0 Å². The van der Waals surface area contributed by atoms with Crippen LogP contribution in [0.5, 0.6) is 0 Å². The van der Waals surface area contributed by atoms with Gasteiger partial charge in [0, 0.05) is 18.1 Å². The van der Waals surface area contributed by atoms with Crippen LogP contribution < -0.4 is 5.73 Å². The number of carbonyl (C=O) groups is 1. The summed E-state index contributed by atoms with van der Waals surface area (Å²) in [6.07, 6.45) is 1.09. The first kappa shape index (κ1) is 18.2. The van der Waals surface area contributed by atoms with E-state index < -0.39 is 12.1 Å². The molecule has 1 aromatic carbocycles. The number of amides is 1. The van der Waals surface area contributed by atoms with E-state index >= 15 is 0 Å². The van der Waals surface area contributed by atoms with Crippen LogP contribution in [0, 0.1) is 5.92 Å². The van der Waals surface area contributed by atoms with Gasteiger partial charge in [-0.25, -0.2) is 0 Å². The summed E-state index contributed by atoms with van der Waals surface area (Å²) in [5.41, 5.74) is 6.49. The molecular formula is C15H22Cl2N2O2. The molecule has 118 valence electrons. The van der Waals surface area contributed by atoms with Crippen molar-refractivity contribution in [1.82, 2.24) is 4.90 Å². The van der Waals surface area contributed by atoms with E-state index in [4.69, 9.17) is 17.3 Å². The number of hydrogen-bond acceptors (Lipinski definition) is 3. The molecule has 0 saturated carbocycles. The van der Waals surface area contributed by atoms with E-state index in [0.717, 1.165) is 18.4 Å². The summed E-state index contributed by atoms with van der Waals surface area (Å²) >= 11 is 5.85. The van der Waals surface area contributed by atoms with Gasteiger partial charge in [-0.2, -0.15) is 0 Å². The van der Waals surface area contributed by atoms with Gasteiger partial charge in [-0.15, -0.1) is 12.4 Å². The highest BCUT2D eigenvalue weighted by Crippen LogP contribution is 2.31. The van der Waals surface area contributed by atoms with Crippen LogP contribution in [0.3, 0.4) is 0 Å². The molecule has 2 rings (SSSR count). The van der Waals surface area contributed by atoms with Crippen molar-refractivity contribution >= 4 is 29.9 Å². The standard InChI is InChI=1S/C15H21ClN2O2.ClH/c1-10(17)15(20)18-8-6-12(7-9-18)14(19)11-2-4-13(16)5-3-11;/h2-5,10,12,14,19H,6-9,17H2,1H3;1H. The third-order valence-electron chi connectivity index (χ3n) is 3.90. The largest absolute Gasteiger partial charge is 0.388 e. The predicted octanol–water partition coefficient (Wildman–Crippen LogP) is 2.38. The molecule has 21 heavy (non-hydrogen) atoms. The Morgan fingerprint density at radius 3 is 2.33 bits per heavy atom. The number of halogens is 2. The topological polar surface area (TPSA) is 66.6 Å². The number of aliphatic hydroxyl groups excluding tert-OH is 1. The number of nitrogens with two attached hydrogens (primary N) is 1. The lowest BCUT2D eigenvalue weighted by Crippen LogP contribution is -2.46. The molecule has 2 unspecified atom stereocenters. The minimum absolute atomic E-state index is 0. The fourth-order valence-electron chi connectivity index (χ4n) is 2.66. The zero-order chi connectivity index (χ0) is 14.7. The number of piperidine rings is 1. The van der Waals surface area contributed by atoms with Gasteiger partial charge in [-0.1, -0.05) is 23.7 Å². The van der Waals surface area contributed by atoms with Gasteiger partial charge >= 0.3 is 0 Å². The molecule has 0 bridgehead atoms. The Balaban J connectivity index is 0.00000220. The van der Waals surface area contributed by atoms with E-state index in [2.05, 4.69) is 0 Å². The van der Waals surface area contributed by atoms with Gasteiger partial charge in [0.2, 0.25) is 5.91 Å². The lowest BCUT2D eigenvalue weighted by Gasteiger charge is -2.35. The summed E-state index contributed by atoms with van der Waals surface area (Å²) < 4.78 is 0. The number of benzene rings is 1. The van der Waals surface area contributed by atoms with Gasteiger partial charge in [0.15, 0.2) is 0 Å². The van der Waals surface area contributed by atoms with Gasteiger partial charge in [0.05, 0.1) is 12.1 Å².